The van der Waals surface area contributed by atoms with E-state index in [1.807, 2.05) is 50.2 Å². The van der Waals surface area contributed by atoms with Crippen molar-refractivity contribution >= 4 is 23.0 Å². The Labute approximate surface area is 156 Å². The number of ether oxygens (including phenoxy) is 2. The van der Waals surface area contributed by atoms with Gasteiger partial charge in [0.1, 0.15) is 17.9 Å². The summed E-state index contributed by atoms with van der Waals surface area (Å²) in [6.45, 7) is 3.92. The van der Waals surface area contributed by atoms with Gasteiger partial charge in [-0.3, -0.25) is 0 Å². The minimum atomic E-state index is -0.497. The van der Waals surface area contributed by atoms with Gasteiger partial charge in [0.2, 0.25) is 0 Å². The van der Waals surface area contributed by atoms with Crippen LogP contribution in [0.2, 0.25) is 0 Å². The maximum absolute atomic E-state index is 12.0. The van der Waals surface area contributed by atoms with Crippen LogP contribution in [0, 0.1) is 13.8 Å². The molecule has 0 amide bonds. The second kappa shape index (κ2) is 7.91. The Bertz CT molecular complexity index is 1080. The predicted octanol–water partition coefficient (Wildman–Crippen LogP) is 4.18. The normalized spacial score (nSPS) is 11.1. The molecule has 5 heteroatoms. The molecular weight excluding hydrogens is 344 g/mol. The highest BCUT2D eigenvalue weighted by Gasteiger charge is 2.09. The number of hydrogen-bond donors (Lipinski definition) is 0. The molecule has 27 heavy (non-hydrogen) atoms. The van der Waals surface area contributed by atoms with E-state index in [0.29, 0.717) is 16.9 Å². The number of hydrogen-bond acceptors (Lipinski definition) is 5. The molecule has 5 nitrogen and oxygen atoms in total. The highest BCUT2D eigenvalue weighted by molar-refractivity contribution is 5.87. The van der Waals surface area contributed by atoms with E-state index in [-0.39, 0.29) is 6.61 Å². The van der Waals surface area contributed by atoms with Crippen molar-refractivity contribution < 1.29 is 18.7 Å². The number of carbonyl (C=O) groups is 1. The number of methoxy groups -OCH3 is 1. The zero-order chi connectivity index (χ0) is 19.4. The average molecular weight is 364 g/mol. The summed E-state index contributed by atoms with van der Waals surface area (Å²) >= 11 is 0. The molecule has 1 aromatic heterocycles. The summed E-state index contributed by atoms with van der Waals surface area (Å²) in [4.78, 5) is 23.8. The Morgan fingerprint density at radius 3 is 2.67 bits per heavy atom. The fourth-order valence-electron chi connectivity index (χ4n) is 2.71. The monoisotopic (exact) mass is 364 g/mol. The first-order valence-electron chi connectivity index (χ1n) is 8.49. The molecule has 138 valence electrons. The van der Waals surface area contributed by atoms with Gasteiger partial charge in [-0.15, -0.1) is 0 Å². The molecule has 0 radical (unpaired) electrons. The maximum atomic E-state index is 12.0. The third kappa shape index (κ3) is 4.44. The fraction of sp³-hybridized carbons (Fsp3) is 0.182. The molecule has 0 saturated heterocycles. The van der Waals surface area contributed by atoms with Gasteiger partial charge in [-0.2, -0.15) is 0 Å². The highest BCUT2D eigenvalue weighted by atomic mass is 16.5. The molecule has 0 spiro atoms. The standard InChI is InChI=1S/C22H20O5/c1-14-9-19-17(12-22(24)27-20(19)10-15(14)2)13-26-21(23)8-7-16-5-4-6-18(11-16)25-3/h4-12H,13H2,1-3H3/b8-7+. The lowest BCUT2D eigenvalue weighted by molar-refractivity contribution is -0.138. The summed E-state index contributed by atoms with van der Waals surface area (Å²) in [6, 6.07) is 12.4. The molecule has 0 aliphatic heterocycles. The van der Waals surface area contributed by atoms with Gasteiger partial charge >= 0.3 is 11.6 Å². The fourth-order valence-corrected chi connectivity index (χ4v) is 2.71. The Kier molecular flexibility index (Phi) is 5.41. The van der Waals surface area contributed by atoms with E-state index in [0.717, 1.165) is 22.1 Å². The molecule has 3 rings (SSSR count). The summed E-state index contributed by atoms with van der Waals surface area (Å²) < 4.78 is 15.7. The van der Waals surface area contributed by atoms with Crippen molar-refractivity contribution in [3.63, 3.8) is 0 Å². The molecule has 0 unspecified atom stereocenters. The summed E-state index contributed by atoms with van der Waals surface area (Å²) in [5.74, 6) is 0.210. The van der Waals surface area contributed by atoms with Crippen LogP contribution in [-0.2, 0) is 16.1 Å². The van der Waals surface area contributed by atoms with Crippen LogP contribution in [0.15, 0.2) is 57.8 Å². The van der Waals surface area contributed by atoms with E-state index < -0.39 is 11.6 Å². The third-order valence-electron chi connectivity index (χ3n) is 4.32. The van der Waals surface area contributed by atoms with Crippen LogP contribution in [0.25, 0.3) is 17.0 Å². The summed E-state index contributed by atoms with van der Waals surface area (Å²) in [5, 5.41) is 0.766. The molecule has 0 saturated carbocycles. The Morgan fingerprint density at radius 1 is 1.11 bits per heavy atom. The molecule has 0 aliphatic carbocycles. The number of carbonyl (C=O) groups excluding carboxylic acids is 1. The lowest BCUT2D eigenvalue weighted by atomic mass is 10.0. The first-order valence-corrected chi connectivity index (χ1v) is 8.49. The first kappa shape index (κ1) is 18.5. The van der Waals surface area contributed by atoms with Gasteiger partial charge in [-0.05, 0) is 60.9 Å². The maximum Gasteiger partial charge on any atom is 0.336 e. The van der Waals surface area contributed by atoms with Crippen LogP contribution in [0.5, 0.6) is 5.75 Å². The molecule has 0 N–H and O–H groups in total. The van der Waals surface area contributed by atoms with E-state index in [1.165, 1.54) is 12.1 Å². The van der Waals surface area contributed by atoms with E-state index in [4.69, 9.17) is 13.9 Å². The number of benzene rings is 2. The lowest BCUT2D eigenvalue weighted by Gasteiger charge is -2.08. The lowest BCUT2D eigenvalue weighted by Crippen LogP contribution is -2.06. The Hall–Kier alpha value is -3.34. The molecular formula is C22H20O5. The smallest absolute Gasteiger partial charge is 0.336 e. The van der Waals surface area contributed by atoms with Gasteiger partial charge < -0.3 is 13.9 Å². The van der Waals surface area contributed by atoms with E-state index in [9.17, 15) is 9.59 Å². The molecule has 0 aliphatic rings. The minimum absolute atomic E-state index is 0.00805. The molecule has 0 atom stereocenters. The van der Waals surface area contributed by atoms with Crippen LogP contribution in [0.1, 0.15) is 22.3 Å². The quantitative estimate of drug-likeness (QED) is 0.386. The second-order valence-electron chi connectivity index (χ2n) is 6.24. The van der Waals surface area contributed by atoms with Crippen molar-refractivity contribution in [2.24, 2.45) is 0 Å². The SMILES string of the molecule is COc1cccc(/C=C/C(=O)OCc2cc(=O)oc3cc(C)c(C)cc23)c1. The van der Waals surface area contributed by atoms with Crippen molar-refractivity contribution in [2.75, 3.05) is 7.11 Å². The minimum Gasteiger partial charge on any atom is -0.497 e. The van der Waals surface area contributed by atoms with Crippen LogP contribution in [0.3, 0.4) is 0 Å². The number of esters is 1. The first-order chi connectivity index (χ1) is 13.0. The predicted molar refractivity (Wildman–Crippen MR) is 104 cm³/mol. The molecule has 0 fully saturated rings. The number of rotatable bonds is 5. The molecule has 3 aromatic rings. The average Bonchev–Trinajstić information content (AvgIpc) is 2.66. The van der Waals surface area contributed by atoms with Crippen molar-refractivity contribution in [3.05, 3.63) is 81.2 Å². The van der Waals surface area contributed by atoms with Gasteiger partial charge in [0, 0.05) is 23.1 Å². The summed E-state index contributed by atoms with van der Waals surface area (Å²) in [5.41, 5.74) is 3.56. The molecule has 2 aromatic carbocycles. The van der Waals surface area contributed by atoms with Gasteiger partial charge in [0.15, 0.2) is 0 Å². The zero-order valence-electron chi connectivity index (χ0n) is 15.4. The number of fused-ring (bicyclic) bond motifs is 1. The van der Waals surface area contributed by atoms with Crippen LogP contribution in [0.4, 0.5) is 0 Å². The third-order valence-corrected chi connectivity index (χ3v) is 4.32. The van der Waals surface area contributed by atoms with E-state index >= 15 is 0 Å². The highest BCUT2D eigenvalue weighted by Crippen LogP contribution is 2.22. The second-order valence-corrected chi connectivity index (χ2v) is 6.24. The molecule has 0 bridgehead atoms. The van der Waals surface area contributed by atoms with Crippen LogP contribution < -0.4 is 10.4 Å². The van der Waals surface area contributed by atoms with Gasteiger partial charge in [-0.1, -0.05) is 12.1 Å². The van der Waals surface area contributed by atoms with Crippen molar-refractivity contribution in [1.29, 1.82) is 0 Å². The number of aryl methyl sites for hydroxylation is 2. The molecule has 1 heterocycles. The summed E-state index contributed by atoms with van der Waals surface area (Å²) in [6.07, 6.45) is 2.99. The van der Waals surface area contributed by atoms with Gasteiger partial charge in [0.25, 0.3) is 0 Å². The zero-order valence-corrected chi connectivity index (χ0v) is 15.4. The van der Waals surface area contributed by atoms with Crippen LogP contribution >= 0.6 is 0 Å². The van der Waals surface area contributed by atoms with E-state index in [2.05, 4.69) is 0 Å². The topological polar surface area (TPSA) is 65.7 Å². The van der Waals surface area contributed by atoms with Crippen molar-refractivity contribution in [1.82, 2.24) is 0 Å². The largest absolute Gasteiger partial charge is 0.497 e. The van der Waals surface area contributed by atoms with Crippen molar-refractivity contribution in [3.8, 4) is 5.75 Å². The van der Waals surface area contributed by atoms with Crippen LogP contribution in [-0.4, -0.2) is 13.1 Å². The Balaban J connectivity index is 1.76. The van der Waals surface area contributed by atoms with Gasteiger partial charge in [-0.25, -0.2) is 9.59 Å². The Morgan fingerprint density at radius 2 is 1.89 bits per heavy atom. The summed E-state index contributed by atoms with van der Waals surface area (Å²) in [7, 11) is 1.58. The van der Waals surface area contributed by atoms with Gasteiger partial charge in [0.05, 0.1) is 7.11 Å². The van der Waals surface area contributed by atoms with E-state index in [1.54, 1.807) is 13.2 Å². The van der Waals surface area contributed by atoms with Crippen molar-refractivity contribution in [2.45, 2.75) is 20.5 Å².